The molecule has 144 valence electrons. The molecule has 5 nitrogen and oxygen atoms in total. The molecule has 0 spiro atoms. The maximum absolute atomic E-state index is 13.3. The molecule has 0 bridgehead atoms. The molecule has 28 heavy (non-hydrogen) atoms. The Balaban J connectivity index is 1.69. The van der Waals surface area contributed by atoms with Crippen LogP contribution in [0.15, 0.2) is 58.7 Å². The fourth-order valence-corrected chi connectivity index (χ4v) is 4.70. The standard InChI is InChI=1S/C22H23N3O2S/c1-27-19-11-5-7-16(13-19)14-20-21(26)25(18-9-3-2-4-10-18)22(28-20)24-17-8-6-12-23-15-17/h5-8,11-15,18H,2-4,9-10H2,1H3/b20-14-,24-22?. The van der Waals surface area contributed by atoms with E-state index in [1.54, 1.807) is 19.5 Å². The van der Waals surface area contributed by atoms with Gasteiger partial charge < -0.3 is 4.74 Å². The third kappa shape index (κ3) is 4.12. The number of carbonyl (C=O) groups is 1. The van der Waals surface area contributed by atoms with E-state index in [0.29, 0.717) is 4.91 Å². The number of hydrogen-bond donors (Lipinski definition) is 0. The van der Waals surface area contributed by atoms with Gasteiger partial charge in [0.25, 0.3) is 5.91 Å². The quantitative estimate of drug-likeness (QED) is 0.684. The van der Waals surface area contributed by atoms with Gasteiger partial charge in [-0.2, -0.15) is 0 Å². The number of thioether (sulfide) groups is 1. The Labute approximate surface area is 169 Å². The summed E-state index contributed by atoms with van der Waals surface area (Å²) in [7, 11) is 1.64. The largest absolute Gasteiger partial charge is 0.497 e. The minimum absolute atomic E-state index is 0.0439. The maximum Gasteiger partial charge on any atom is 0.267 e. The van der Waals surface area contributed by atoms with Crippen molar-refractivity contribution >= 4 is 34.6 Å². The van der Waals surface area contributed by atoms with E-state index >= 15 is 0 Å². The third-order valence-electron chi connectivity index (χ3n) is 5.04. The van der Waals surface area contributed by atoms with E-state index in [2.05, 4.69) is 4.98 Å². The highest BCUT2D eigenvalue weighted by molar-refractivity contribution is 8.18. The van der Waals surface area contributed by atoms with Crippen molar-refractivity contribution in [2.45, 2.75) is 38.1 Å². The van der Waals surface area contributed by atoms with E-state index in [1.807, 2.05) is 47.4 Å². The van der Waals surface area contributed by atoms with Crippen molar-refractivity contribution in [1.82, 2.24) is 9.88 Å². The zero-order chi connectivity index (χ0) is 19.3. The maximum atomic E-state index is 13.3. The normalized spacial score (nSPS) is 20.9. The van der Waals surface area contributed by atoms with Crippen LogP contribution >= 0.6 is 11.8 Å². The summed E-state index contributed by atoms with van der Waals surface area (Å²) in [6.07, 6.45) is 11.0. The summed E-state index contributed by atoms with van der Waals surface area (Å²) in [5, 5.41) is 0.749. The van der Waals surface area contributed by atoms with Gasteiger partial charge >= 0.3 is 0 Å². The SMILES string of the molecule is COc1cccc(/C=C2\SC(=Nc3cccnc3)N(C3CCCCC3)C2=O)c1. The van der Waals surface area contributed by atoms with Crippen LogP contribution in [0.2, 0.25) is 0 Å². The molecule has 2 fully saturated rings. The van der Waals surface area contributed by atoms with E-state index < -0.39 is 0 Å². The molecule has 0 radical (unpaired) electrons. The van der Waals surface area contributed by atoms with Gasteiger partial charge in [-0.3, -0.25) is 14.7 Å². The summed E-state index contributed by atoms with van der Waals surface area (Å²) >= 11 is 1.44. The van der Waals surface area contributed by atoms with E-state index in [4.69, 9.17) is 9.73 Å². The number of carbonyl (C=O) groups excluding carboxylic acids is 1. The summed E-state index contributed by atoms with van der Waals surface area (Å²) in [5.41, 5.74) is 1.71. The highest BCUT2D eigenvalue weighted by Gasteiger charge is 2.38. The summed E-state index contributed by atoms with van der Waals surface area (Å²) < 4.78 is 5.30. The lowest BCUT2D eigenvalue weighted by molar-refractivity contribution is -0.124. The fraction of sp³-hybridized carbons (Fsp3) is 0.318. The van der Waals surface area contributed by atoms with Crippen LogP contribution in [0.25, 0.3) is 6.08 Å². The Morgan fingerprint density at radius 2 is 2.07 bits per heavy atom. The first-order valence-electron chi connectivity index (χ1n) is 9.60. The molecule has 2 heterocycles. The van der Waals surface area contributed by atoms with E-state index in [9.17, 15) is 4.79 Å². The molecule has 1 aliphatic carbocycles. The molecule has 0 N–H and O–H groups in total. The van der Waals surface area contributed by atoms with Gasteiger partial charge in [0, 0.05) is 12.2 Å². The molecule has 1 aromatic heterocycles. The van der Waals surface area contributed by atoms with E-state index in [1.165, 1.54) is 18.2 Å². The van der Waals surface area contributed by atoms with Gasteiger partial charge in [0.15, 0.2) is 5.17 Å². The van der Waals surface area contributed by atoms with Crippen LogP contribution in [0.5, 0.6) is 5.75 Å². The Hall–Kier alpha value is -2.60. The molecule has 2 aliphatic rings. The average molecular weight is 394 g/mol. The van der Waals surface area contributed by atoms with Gasteiger partial charge in [0.05, 0.1) is 23.9 Å². The fourth-order valence-electron chi connectivity index (χ4n) is 3.64. The molecule has 1 amide bonds. The van der Waals surface area contributed by atoms with Crippen LogP contribution < -0.4 is 4.74 Å². The lowest BCUT2D eigenvalue weighted by Crippen LogP contribution is -2.40. The second kappa shape index (κ2) is 8.61. The summed E-state index contributed by atoms with van der Waals surface area (Å²) in [6, 6.07) is 11.7. The van der Waals surface area contributed by atoms with Crippen LogP contribution in [-0.2, 0) is 4.79 Å². The molecular formula is C22H23N3O2S. The third-order valence-corrected chi connectivity index (χ3v) is 6.02. The van der Waals surface area contributed by atoms with Crippen molar-refractivity contribution in [3.63, 3.8) is 0 Å². The van der Waals surface area contributed by atoms with Gasteiger partial charge in [-0.05, 0) is 60.5 Å². The van der Waals surface area contributed by atoms with Crippen molar-refractivity contribution in [2.24, 2.45) is 4.99 Å². The zero-order valence-corrected chi connectivity index (χ0v) is 16.7. The van der Waals surface area contributed by atoms with Gasteiger partial charge in [-0.1, -0.05) is 31.4 Å². The molecule has 6 heteroatoms. The minimum Gasteiger partial charge on any atom is -0.497 e. The average Bonchev–Trinajstić information content (AvgIpc) is 3.04. The highest BCUT2D eigenvalue weighted by atomic mass is 32.2. The molecule has 1 aromatic carbocycles. The number of hydrogen-bond acceptors (Lipinski definition) is 5. The molecular weight excluding hydrogens is 370 g/mol. The molecule has 1 aliphatic heterocycles. The first-order valence-corrected chi connectivity index (χ1v) is 10.4. The van der Waals surface area contributed by atoms with Crippen LogP contribution in [0.4, 0.5) is 5.69 Å². The number of aromatic nitrogens is 1. The van der Waals surface area contributed by atoms with E-state index in [-0.39, 0.29) is 11.9 Å². The van der Waals surface area contributed by atoms with Crippen LogP contribution in [0.1, 0.15) is 37.7 Å². The number of pyridine rings is 1. The number of nitrogens with zero attached hydrogens (tertiary/aromatic N) is 3. The minimum atomic E-state index is 0.0439. The molecule has 4 rings (SSSR count). The number of benzene rings is 1. The van der Waals surface area contributed by atoms with Crippen LogP contribution in [0, 0.1) is 0 Å². The van der Waals surface area contributed by atoms with Crippen molar-refractivity contribution < 1.29 is 9.53 Å². The first kappa shape index (κ1) is 18.7. The molecule has 1 saturated heterocycles. The lowest BCUT2D eigenvalue weighted by atomic mass is 9.94. The Bertz CT molecular complexity index is 905. The van der Waals surface area contributed by atoms with Gasteiger partial charge in [0.2, 0.25) is 0 Å². The number of methoxy groups -OCH3 is 1. The van der Waals surface area contributed by atoms with Gasteiger partial charge in [-0.25, -0.2) is 4.99 Å². The second-order valence-electron chi connectivity index (χ2n) is 6.96. The predicted molar refractivity (Wildman–Crippen MR) is 114 cm³/mol. The Kier molecular flexibility index (Phi) is 5.76. The van der Waals surface area contributed by atoms with Crippen LogP contribution in [-0.4, -0.2) is 34.1 Å². The zero-order valence-electron chi connectivity index (χ0n) is 15.9. The smallest absolute Gasteiger partial charge is 0.267 e. The molecule has 1 saturated carbocycles. The molecule has 0 unspecified atom stereocenters. The number of amides is 1. The summed E-state index contributed by atoms with van der Waals surface area (Å²) in [4.78, 5) is 24.8. The number of aliphatic imine (C=N–C) groups is 1. The van der Waals surface area contributed by atoms with Crippen molar-refractivity contribution in [2.75, 3.05) is 7.11 Å². The molecule has 0 atom stereocenters. The van der Waals surface area contributed by atoms with Gasteiger partial charge in [-0.15, -0.1) is 0 Å². The number of rotatable bonds is 4. The lowest BCUT2D eigenvalue weighted by Gasteiger charge is -2.30. The topological polar surface area (TPSA) is 54.8 Å². The summed E-state index contributed by atoms with van der Waals surface area (Å²) in [6.45, 7) is 0. The number of ether oxygens (including phenoxy) is 1. The van der Waals surface area contributed by atoms with Gasteiger partial charge in [0.1, 0.15) is 5.75 Å². The predicted octanol–water partition coefficient (Wildman–Crippen LogP) is 5.03. The highest BCUT2D eigenvalue weighted by Crippen LogP contribution is 2.38. The Morgan fingerprint density at radius 1 is 1.21 bits per heavy atom. The molecule has 2 aromatic rings. The van der Waals surface area contributed by atoms with Crippen molar-refractivity contribution in [3.8, 4) is 5.75 Å². The Morgan fingerprint density at radius 3 is 2.82 bits per heavy atom. The monoisotopic (exact) mass is 393 g/mol. The first-order chi connectivity index (χ1) is 13.7. The second-order valence-corrected chi connectivity index (χ2v) is 7.97. The van der Waals surface area contributed by atoms with E-state index in [0.717, 1.165) is 47.9 Å². The summed E-state index contributed by atoms with van der Waals surface area (Å²) in [5.74, 6) is 0.820. The van der Waals surface area contributed by atoms with Crippen molar-refractivity contribution in [3.05, 3.63) is 59.3 Å². The van der Waals surface area contributed by atoms with Crippen molar-refractivity contribution in [1.29, 1.82) is 0 Å². The number of amidine groups is 1. The van der Waals surface area contributed by atoms with Crippen LogP contribution in [0.3, 0.4) is 0 Å².